The van der Waals surface area contributed by atoms with Crippen LogP contribution in [0.25, 0.3) is 11.2 Å². The van der Waals surface area contributed by atoms with Gasteiger partial charge in [0, 0.05) is 0 Å². The molecule has 0 radical (unpaired) electrons. The molecular weight excluding hydrogens is 335 g/mol. The van der Waals surface area contributed by atoms with Gasteiger partial charge in [0.25, 0.3) is 13.4 Å². The van der Waals surface area contributed by atoms with Gasteiger partial charge in [-0.05, 0) is 0 Å². The van der Waals surface area contributed by atoms with Gasteiger partial charge in [0.15, 0.2) is 17.4 Å². The Hall–Kier alpha value is -1.66. The molecule has 1 aliphatic rings. The first-order chi connectivity index (χ1) is 10.8. The number of aliphatic hydroxyl groups is 2. The minimum Gasteiger partial charge on any atom is -0.756 e. The van der Waals surface area contributed by atoms with Crippen molar-refractivity contribution >= 4 is 19.0 Å². The number of hydrogen-bond donors (Lipinski definition) is 4. The summed E-state index contributed by atoms with van der Waals surface area (Å²) in [4.78, 5) is 40.9. The fourth-order valence-corrected chi connectivity index (χ4v) is 2.65. The standard InChI is InChI=1S/C10H13N4O8P/c15-6-4(1-21-23(18,19)20)22-10(7(6)16)14-3-13-5-8(14)11-2-12-9(5)17/h2-4,6-7,10,15-16H,1H2,(H,11,12,17)(H2,18,19,20)/p-1/t4-,6+,7?,10-/m1/s1. The van der Waals surface area contributed by atoms with Gasteiger partial charge in [-0.15, -0.1) is 0 Å². The van der Waals surface area contributed by atoms with Crippen LogP contribution in [0.3, 0.4) is 0 Å². The summed E-state index contributed by atoms with van der Waals surface area (Å²) >= 11 is 0. The summed E-state index contributed by atoms with van der Waals surface area (Å²) in [6.45, 7) is -0.688. The molecule has 0 saturated carbocycles. The third-order valence-corrected chi connectivity index (χ3v) is 3.85. The maximum atomic E-state index is 11.6. The lowest BCUT2D eigenvalue weighted by atomic mass is 10.1. The van der Waals surface area contributed by atoms with Gasteiger partial charge in [0.05, 0.1) is 19.3 Å². The Labute approximate surface area is 127 Å². The van der Waals surface area contributed by atoms with E-state index >= 15 is 0 Å². The van der Waals surface area contributed by atoms with Crippen molar-refractivity contribution in [2.75, 3.05) is 6.61 Å². The van der Waals surface area contributed by atoms with E-state index in [1.54, 1.807) is 0 Å². The molecule has 0 aromatic carbocycles. The zero-order chi connectivity index (χ0) is 16.8. The third-order valence-electron chi connectivity index (χ3n) is 3.38. The number of imidazole rings is 1. The zero-order valence-electron chi connectivity index (χ0n) is 11.3. The molecule has 3 rings (SSSR count). The van der Waals surface area contributed by atoms with Crippen LogP contribution in [0.15, 0.2) is 17.4 Å². The van der Waals surface area contributed by atoms with Crippen molar-refractivity contribution in [3.05, 3.63) is 23.0 Å². The summed E-state index contributed by atoms with van der Waals surface area (Å²) in [5.74, 6) is 0. The van der Waals surface area contributed by atoms with Crippen molar-refractivity contribution in [2.45, 2.75) is 24.5 Å². The number of aromatic nitrogens is 4. The maximum Gasteiger partial charge on any atom is 0.278 e. The van der Waals surface area contributed by atoms with Crippen LogP contribution in [0.4, 0.5) is 0 Å². The van der Waals surface area contributed by atoms with Gasteiger partial charge in [-0.2, -0.15) is 0 Å². The average Bonchev–Trinajstić information content (AvgIpc) is 3.01. The highest BCUT2D eigenvalue weighted by atomic mass is 31.2. The van der Waals surface area contributed by atoms with E-state index in [4.69, 9.17) is 9.63 Å². The summed E-state index contributed by atoms with van der Waals surface area (Å²) in [5, 5.41) is 20.0. The zero-order valence-corrected chi connectivity index (χ0v) is 12.2. The molecule has 1 aliphatic heterocycles. The second-order valence-electron chi connectivity index (χ2n) is 4.87. The molecule has 2 unspecified atom stereocenters. The molecule has 0 aliphatic carbocycles. The van der Waals surface area contributed by atoms with Crippen LogP contribution in [0, 0.1) is 0 Å². The van der Waals surface area contributed by atoms with E-state index in [0.717, 1.165) is 6.33 Å². The van der Waals surface area contributed by atoms with Crippen LogP contribution in [-0.2, 0) is 13.8 Å². The Kier molecular flexibility index (Phi) is 4.06. The van der Waals surface area contributed by atoms with Crippen LogP contribution in [0.5, 0.6) is 0 Å². The molecule has 12 nitrogen and oxygen atoms in total. The Bertz CT molecular complexity index is 815. The summed E-state index contributed by atoms with van der Waals surface area (Å²) < 4.78 is 21.3. The lowest BCUT2D eigenvalue weighted by molar-refractivity contribution is -0.222. The van der Waals surface area contributed by atoms with Crippen molar-refractivity contribution in [3.63, 3.8) is 0 Å². The third kappa shape index (κ3) is 3.05. The number of hydrogen-bond acceptors (Lipinski definition) is 9. The number of aromatic amines is 1. The van der Waals surface area contributed by atoms with Crippen molar-refractivity contribution < 1.29 is 33.8 Å². The largest absolute Gasteiger partial charge is 0.756 e. The van der Waals surface area contributed by atoms with E-state index in [9.17, 15) is 24.5 Å². The highest BCUT2D eigenvalue weighted by molar-refractivity contribution is 7.44. The number of fused-ring (bicyclic) bond motifs is 1. The van der Waals surface area contributed by atoms with E-state index < -0.39 is 44.5 Å². The monoisotopic (exact) mass is 347 g/mol. The molecule has 0 spiro atoms. The fraction of sp³-hybridized carbons (Fsp3) is 0.500. The Balaban J connectivity index is 1.87. The predicted octanol–water partition coefficient (Wildman–Crippen LogP) is -2.78. The highest BCUT2D eigenvalue weighted by Crippen LogP contribution is 2.35. The number of aliphatic hydroxyl groups excluding tert-OH is 2. The van der Waals surface area contributed by atoms with Gasteiger partial charge in [0.1, 0.15) is 18.3 Å². The smallest absolute Gasteiger partial charge is 0.278 e. The lowest BCUT2D eigenvalue weighted by Gasteiger charge is -2.20. The van der Waals surface area contributed by atoms with Gasteiger partial charge in [0.2, 0.25) is 0 Å². The molecule has 126 valence electrons. The van der Waals surface area contributed by atoms with Gasteiger partial charge in [-0.25, -0.2) is 9.97 Å². The molecule has 5 atom stereocenters. The van der Waals surface area contributed by atoms with Gasteiger partial charge < -0.3 is 34.2 Å². The number of phosphoric acid groups is 1. The number of nitrogens with one attached hydrogen (secondary N) is 1. The molecule has 1 saturated heterocycles. The number of phosphoric ester groups is 1. The molecule has 2 aromatic heterocycles. The molecule has 4 N–H and O–H groups in total. The molecule has 3 heterocycles. The molecule has 0 bridgehead atoms. The molecule has 13 heteroatoms. The van der Waals surface area contributed by atoms with Gasteiger partial charge in [-0.1, -0.05) is 0 Å². The number of H-pyrrole nitrogens is 1. The Morgan fingerprint density at radius 1 is 1.43 bits per heavy atom. The second kappa shape index (κ2) is 5.76. The van der Waals surface area contributed by atoms with E-state index in [0.29, 0.717) is 0 Å². The first-order valence-corrected chi connectivity index (χ1v) is 7.87. The lowest BCUT2D eigenvalue weighted by Crippen LogP contribution is -2.34. The first kappa shape index (κ1) is 16.2. The van der Waals surface area contributed by atoms with Gasteiger partial charge >= 0.3 is 0 Å². The summed E-state index contributed by atoms with van der Waals surface area (Å²) in [6.07, 6.45) is -2.98. The number of ether oxygens (including phenoxy) is 1. The van der Waals surface area contributed by atoms with Gasteiger partial charge in [-0.3, -0.25) is 13.9 Å². The summed E-state index contributed by atoms with van der Waals surface area (Å²) in [5.41, 5.74) is -0.366. The Morgan fingerprint density at radius 2 is 2.17 bits per heavy atom. The minimum absolute atomic E-state index is 0.0110. The number of nitrogens with zero attached hydrogens (tertiary/aromatic N) is 3. The van der Waals surface area contributed by atoms with Crippen molar-refractivity contribution in [2.24, 2.45) is 0 Å². The predicted molar refractivity (Wildman–Crippen MR) is 69.8 cm³/mol. The van der Waals surface area contributed by atoms with E-state index in [1.165, 1.54) is 10.9 Å². The van der Waals surface area contributed by atoms with Crippen LogP contribution >= 0.6 is 7.82 Å². The summed E-state index contributed by atoms with van der Waals surface area (Å²) in [6, 6.07) is 0. The normalized spacial score (nSPS) is 30.6. The number of rotatable bonds is 4. The van der Waals surface area contributed by atoms with Crippen LogP contribution < -0.4 is 10.5 Å². The van der Waals surface area contributed by atoms with E-state index in [2.05, 4.69) is 19.5 Å². The van der Waals surface area contributed by atoms with Crippen molar-refractivity contribution in [1.29, 1.82) is 0 Å². The average molecular weight is 347 g/mol. The molecule has 23 heavy (non-hydrogen) atoms. The SMILES string of the molecule is O=c1[nH]cnc2c1ncn2[C@@H]1O[C@H](COP(=O)([O-])O)[C@H](O)C1O. The molecular formula is C10H12N4O8P-. The maximum absolute atomic E-state index is 11.6. The quantitative estimate of drug-likeness (QED) is 0.422. The second-order valence-corrected chi connectivity index (χ2v) is 6.06. The first-order valence-electron chi connectivity index (χ1n) is 6.38. The molecule has 1 fully saturated rings. The Morgan fingerprint density at radius 3 is 2.87 bits per heavy atom. The van der Waals surface area contributed by atoms with Crippen LogP contribution in [0.1, 0.15) is 6.23 Å². The van der Waals surface area contributed by atoms with Crippen molar-refractivity contribution in [1.82, 2.24) is 19.5 Å². The minimum atomic E-state index is -4.99. The van der Waals surface area contributed by atoms with Crippen LogP contribution in [-0.4, -0.2) is 59.5 Å². The van der Waals surface area contributed by atoms with Crippen molar-refractivity contribution in [3.8, 4) is 0 Å². The fourth-order valence-electron chi connectivity index (χ4n) is 2.31. The van der Waals surface area contributed by atoms with E-state index in [-0.39, 0.29) is 11.2 Å². The van der Waals surface area contributed by atoms with Crippen LogP contribution in [0.2, 0.25) is 0 Å². The summed E-state index contributed by atoms with van der Waals surface area (Å²) in [7, 11) is -4.99. The molecule has 2 aromatic rings. The van der Waals surface area contributed by atoms with E-state index in [1.807, 2.05) is 0 Å². The topological polar surface area (TPSA) is 183 Å². The molecule has 0 amide bonds. The highest BCUT2D eigenvalue weighted by Gasteiger charge is 2.44.